The van der Waals surface area contributed by atoms with E-state index in [0.717, 1.165) is 18.4 Å². The molecule has 3 N–H and O–H groups in total. The van der Waals surface area contributed by atoms with Gasteiger partial charge in [-0.3, -0.25) is 9.59 Å². The third-order valence-electron chi connectivity index (χ3n) is 5.09. The van der Waals surface area contributed by atoms with Crippen LogP contribution in [0.5, 0.6) is 5.75 Å². The van der Waals surface area contributed by atoms with Crippen LogP contribution in [0.2, 0.25) is 0 Å². The molecule has 2 unspecified atom stereocenters. The van der Waals surface area contributed by atoms with Gasteiger partial charge in [0.25, 0.3) is 5.91 Å². The monoisotopic (exact) mass is 389 g/mol. The molecule has 2 atom stereocenters. The van der Waals surface area contributed by atoms with Gasteiger partial charge in [-0.05, 0) is 50.3 Å². The third-order valence-corrected chi connectivity index (χ3v) is 5.09. The van der Waals surface area contributed by atoms with E-state index < -0.39 is 11.9 Å². The van der Waals surface area contributed by atoms with E-state index in [1.807, 2.05) is 19.1 Å². The van der Waals surface area contributed by atoms with Crippen LogP contribution in [0.3, 0.4) is 0 Å². The van der Waals surface area contributed by atoms with E-state index >= 15 is 0 Å². The Labute approximate surface area is 164 Å². The molecule has 3 amide bonds. The summed E-state index contributed by atoms with van der Waals surface area (Å²) in [7, 11) is 0. The maximum atomic E-state index is 12.4. The molecule has 1 aromatic rings. The van der Waals surface area contributed by atoms with Crippen molar-refractivity contribution < 1.29 is 24.2 Å². The van der Waals surface area contributed by atoms with Crippen molar-refractivity contribution in [1.82, 2.24) is 15.5 Å². The first-order chi connectivity index (χ1) is 13.4. The zero-order valence-electron chi connectivity index (χ0n) is 16.0. The number of likely N-dealkylation sites (tertiary alicyclic amines) is 1. The lowest BCUT2D eigenvalue weighted by atomic mass is 9.98. The average Bonchev–Trinajstić information content (AvgIpc) is 3.50. The number of hydrogen-bond acceptors (Lipinski definition) is 4. The van der Waals surface area contributed by atoms with Crippen molar-refractivity contribution in [2.45, 2.75) is 44.7 Å². The van der Waals surface area contributed by atoms with Gasteiger partial charge in [-0.2, -0.15) is 0 Å². The Morgan fingerprint density at radius 1 is 1.21 bits per heavy atom. The molecule has 1 saturated heterocycles. The molecule has 0 radical (unpaired) electrons. The molecule has 8 nitrogen and oxygen atoms in total. The highest BCUT2D eigenvalue weighted by molar-refractivity contribution is 5.78. The first-order valence-electron chi connectivity index (χ1n) is 9.72. The predicted molar refractivity (Wildman–Crippen MR) is 102 cm³/mol. The number of benzene rings is 1. The summed E-state index contributed by atoms with van der Waals surface area (Å²) in [6.07, 6.45) is 3.38. The molecule has 2 fully saturated rings. The Bertz CT molecular complexity index is 717. The highest BCUT2D eigenvalue weighted by atomic mass is 16.5. The number of amides is 3. The van der Waals surface area contributed by atoms with Crippen LogP contribution in [0.25, 0.3) is 0 Å². The van der Waals surface area contributed by atoms with Crippen molar-refractivity contribution in [2.24, 2.45) is 5.92 Å². The van der Waals surface area contributed by atoms with Gasteiger partial charge in [0.05, 0.1) is 12.0 Å². The second-order valence-electron chi connectivity index (χ2n) is 7.49. The van der Waals surface area contributed by atoms with Crippen LogP contribution in [-0.2, 0) is 9.59 Å². The molecule has 8 heteroatoms. The SMILES string of the molecule is CC(NC(=O)N1CCCC(C(=O)O)C1)c1ccc(OCC(=O)NC2CC2)cc1. The summed E-state index contributed by atoms with van der Waals surface area (Å²) < 4.78 is 5.48. The van der Waals surface area contributed by atoms with Crippen LogP contribution in [0.4, 0.5) is 4.79 Å². The first-order valence-corrected chi connectivity index (χ1v) is 9.72. The normalized spacial score (nSPS) is 20.2. The maximum absolute atomic E-state index is 12.4. The van der Waals surface area contributed by atoms with E-state index in [-0.39, 0.29) is 31.1 Å². The molecule has 2 aliphatic rings. The van der Waals surface area contributed by atoms with Crippen molar-refractivity contribution in [3.63, 3.8) is 0 Å². The second kappa shape index (κ2) is 8.95. The van der Waals surface area contributed by atoms with E-state index in [9.17, 15) is 14.4 Å². The van der Waals surface area contributed by atoms with Gasteiger partial charge in [0.2, 0.25) is 0 Å². The summed E-state index contributed by atoms with van der Waals surface area (Å²) in [5.41, 5.74) is 0.898. The number of ether oxygens (including phenoxy) is 1. The number of piperidine rings is 1. The highest BCUT2D eigenvalue weighted by Gasteiger charge is 2.28. The molecule has 1 aliphatic heterocycles. The molecular weight excluding hydrogens is 362 g/mol. The number of hydrogen-bond donors (Lipinski definition) is 3. The van der Waals surface area contributed by atoms with Gasteiger partial charge in [0.15, 0.2) is 6.61 Å². The van der Waals surface area contributed by atoms with E-state index in [0.29, 0.717) is 31.2 Å². The van der Waals surface area contributed by atoms with E-state index in [2.05, 4.69) is 10.6 Å². The molecule has 0 bridgehead atoms. The fourth-order valence-electron chi connectivity index (χ4n) is 3.22. The number of carbonyl (C=O) groups excluding carboxylic acids is 2. The van der Waals surface area contributed by atoms with Crippen LogP contribution in [0.15, 0.2) is 24.3 Å². The van der Waals surface area contributed by atoms with Gasteiger partial charge < -0.3 is 25.4 Å². The Morgan fingerprint density at radius 3 is 2.57 bits per heavy atom. The molecule has 1 aromatic carbocycles. The number of rotatable bonds is 7. The van der Waals surface area contributed by atoms with Gasteiger partial charge in [-0.25, -0.2) is 4.79 Å². The molecular formula is C20H27N3O5. The van der Waals surface area contributed by atoms with Gasteiger partial charge in [0.1, 0.15) is 5.75 Å². The topological polar surface area (TPSA) is 108 Å². The fourth-order valence-corrected chi connectivity index (χ4v) is 3.22. The Morgan fingerprint density at radius 2 is 1.93 bits per heavy atom. The summed E-state index contributed by atoms with van der Waals surface area (Å²) in [5, 5.41) is 14.9. The summed E-state index contributed by atoms with van der Waals surface area (Å²) in [4.78, 5) is 36.8. The number of nitrogens with one attached hydrogen (secondary N) is 2. The quantitative estimate of drug-likeness (QED) is 0.660. The summed E-state index contributed by atoms with van der Waals surface area (Å²) in [6, 6.07) is 7.05. The molecule has 0 aromatic heterocycles. The van der Waals surface area contributed by atoms with E-state index in [1.54, 1.807) is 17.0 Å². The summed E-state index contributed by atoms with van der Waals surface area (Å²) >= 11 is 0. The number of nitrogens with zero attached hydrogens (tertiary/aromatic N) is 1. The molecule has 0 spiro atoms. The Hall–Kier alpha value is -2.77. The minimum atomic E-state index is -0.855. The molecule has 28 heavy (non-hydrogen) atoms. The van der Waals surface area contributed by atoms with Crippen LogP contribution in [-0.4, -0.2) is 53.7 Å². The summed E-state index contributed by atoms with van der Waals surface area (Å²) in [6.45, 7) is 2.67. The van der Waals surface area contributed by atoms with Crippen molar-refractivity contribution in [1.29, 1.82) is 0 Å². The molecule has 152 valence electrons. The number of carboxylic acid groups (broad SMARTS) is 1. The average molecular weight is 389 g/mol. The van der Waals surface area contributed by atoms with Crippen molar-refractivity contribution >= 4 is 17.9 Å². The largest absolute Gasteiger partial charge is 0.484 e. The molecule has 1 aliphatic carbocycles. The van der Waals surface area contributed by atoms with E-state index in [1.165, 1.54) is 0 Å². The Balaban J connectivity index is 1.46. The maximum Gasteiger partial charge on any atom is 0.317 e. The van der Waals surface area contributed by atoms with Gasteiger partial charge in [-0.15, -0.1) is 0 Å². The minimum absolute atomic E-state index is 0.0121. The lowest BCUT2D eigenvalue weighted by Crippen LogP contribution is -2.47. The third kappa shape index (κ3) is 5.61. The molecule has 1 saturated carbocycles. The number of aliphatic carboxylic acids is 1. The zero-order valence-corrected chi connectivity index (χ0v) is 16.0. The van der Waals surface area contributed by atoms with E-state index in [4.69, 9.17) is 9.84 Å². The molecule has 1 heterocycles. The van der Waals surface area contributed by atoms with Gasteiger partial charge in [-0.1, -0.05) is 12.1 Å². The Kier molecular flexibility index (Phi) is 6.38. The predicted octanol–water partition coefficient (Wildman–Crippen LogP) is 1.91. The van der Waals surface area contributed by atoms with Crippen LogP contribution in [0, 0.1) is 5.92 Å². The van der Waals surface area contributed by atoms with Crippen molar-refractivity contribution in [3.05, 3.63) is 29.8 Å². The first kappa shape index (κ1) is 20.0. The standard InChI is InChI=1S/C20H27N3O5/c1-13(21-20(27)23-10-2-3-15(11-23)19(25)26)14-4-8-17(9-5-14)28-12-18(24)22-16-6-7-16/h4-5,8-9,13,15-16H,2-3,6-7,10-12H2,1H3,(H,21,27)(H,22,24)(H,25,26). The fraction of sp³-hybridized carbons (Fsp3) is 0.550. The zero-order chi connectivity index (χ0) is 20.1. The smallest absolute Gasteiger partial charge is 0.317 e. The lowest BCUT2D eigenvalue weighted by molar-refractivity contribution is -0.143. The van der Waals surface area contributed by atoms with Crippen molar-refractivity contribution in [3.8, 4) is 5.75 Å². The van der Waals surface area contributed by atoms with Crippen LogP contribution >= 0.6 is 0 Å². The van der Waals surface area contributed by atoms with Crippen LogP contribution < -0.4 is 15.4 Å². The van der Waals surface area contributed by atoms with Gasteiger partial charge in [0, 0.05) is 19.1 Å². The number of carbonyl (C=O) groups is 3. The molecule has 3 rings (SSSR count). The second-order valence-corrected chi connectivity index (χ2v) is 7.49. The minimum Gasteiger partial charge on any atom is -0.484 e. The highest BCUT2D eigenvalue weighted by Crippen LogP contribution is 2.21. The van der Waals surface area contributed by atoms with Gasteiger partial charge >= 0.3 is 12.0 Å². The summed E-state index contributed by atoms with van der Waals surface area (Å²) in [5.74, 6) is -0.878. The van der Waals surface area contributed by atoms with Crippen LogP contribution in [0.1, 0.15) is 44.2 Å². The number of urea groups is 1. The van der Waals surface area contributed by atoms with Crippen molar-refractivity contribution in [2.75, 3.05) is 19.7 Å². The lowest BCUT2D eigenvalue weighted by Gasteiger charge is -2.31. The number of carboxylic acids is 1.